The number of nitro groups is 1. The van der Waals surface area contributed by atoms with Crippen molar-refractivity contribution in [3.63, 3.8) is 0 Å². The van der Waals surface area contributed by atoms with Crippen LogP contribution in [-0.2, 0) is 11.3 Å². The van der Waals surface area contributed by atoms with E-state index in [9.17, 15) is 19.7 Å². The molecule has 0 aliphatic heterocycles. The quantitative estimate of drug-likeness (QED) is 0.522. The summed E-state index contributed by atoms with van der Waals surface area (Å²) >= 11 is 0. The molecule has 0 saturated carbocycles. The number of hydrogen-bond acceptors (Lipinski definition) is 5. The molecule has 1 unspecified atom stereocenters. The molecule has 2 rings (SSSR count). The smallest absolute Gasteiger partial charge is 0.270 e. The molecule has 0 spiro atoms. The lowest BCUT2D eigenvalue weighted by atomic mass is 10.1. The lowest BCUT2D eigenvalue weighted by Crippen LogP contribution is -2.25. The lowest BCUT2D eigenvalue weighted by Gasteiger charge is -2.17. The highest BCUT2D eigenvalue weighted by Gasteiger charge is 2.18. The van der Waals surface area contributed by atoms with Crippen LogP contribution in [0, 0.1) is 16.0 Å². The largest absolute Gasteiger partial charge is 0.377 e. The Morgan fingerprint density at radius 1 is 1.17 bits per heavy atom. The van der Waals surface area contributed by atoms with E-state index in [1.165, 1.54) is 12.1 Å². The van der Waals surface area contributed by atoms with Crippen LogP contribution < -0.4 is 15.5 Å². The van der Waals surface area contributed by atoms with Crippen molar-refractivity contribution in [2.45, 2.75) is 26.8 Å². The first-order valence-corrected chi connectivity index (χ1v) is 9.36. The Labute approximate surface area is 170 Å². The van der Waals surface area contributed by atoms with Crippen LogP contribution in [0.25, 0.3) is 0 Å². The number of nitro benzene ring substituents is 1. The molecule has 8 nitrogen and oxygen atoms in total. The molecule has 154 valence electrons. The Morgan fingerprint density at radius 2 is 1.90 bits per heavy atom. The molecule has 0 fully saturated rings. The first-order valence-electron chi connectivity index (χ1n) is 9.36. The van der Waals surface area contributed by atoms with E-state index in [4.69, 9.17) is 0 Å². The summed E-state index contributed by atoms with van der Waals surface area (Å²) in [6, 6.07) is 11.4. The minimum atomic E-state index is -0.528. The summed E-state index contributed by atoms with van der Waals surface area (Å²) in [4.78, 5) is 37.0. The number of anilines is 2. The van der Waals surface area contributed by atoms with E-state index in [0.717, 1.165) is 12.0 Å². The van der Waals surface area contributed by atoms with Crippen molar-refractivity contribution in [2.24, 2.45) is 5.92 Å². The second kappa shape index (κ2) is 9.68. The molecular weight excluding hydrogens is 372 g/mol. The van der Waals surface area contributed by atoms with E-state index in [0.29, 0.717) is 11.4 Å². The third-order valence-electron chi connectivity index (χ3n) is 4.62. The topological polar surface area (TPSA) is 105 Å². The number of benzene rings is 2. The molecule has 2 aromatic carbocycles. The van der Waals surface area contributed by atoms with E-state index in [1.807, 2.05) is 19.9 Å². The van der Waals surface area contributed by atoms with Gasteiger partial charge in [0, 0.05) is 50.1 Å². The number of amides is 2. The maximum Gasteiger partial charge on any atom is 0.270 e. The van der Waals surface area contributed by atoms with Gasteiger partial charge in [-0.1, -0.05) is 26.0 Å². The van der Waals surface area contributed by atoms with Crippen LogP contribution in [0.5, 0.6) is 0 Å². The van der Waals surface area contributed by atoms with Crippen molar-refractivity contribution in [2.75, 3.05) is 24.3 Å². The van der Waals surface area contributed by atoms with Gasteiger partial charge in [0.1, 0.15) is 0 Å². The van der Waals surface area contributed by atoms with Crippen LogP contribution in [0.2, 0.25) is 0 Å². The molecule has 0 aromatic heterocycles. The van der Waals surface area contributed by atoms with Gasteiger partial charge in [-0.25, -0.2) is 0 Å². The number of carbonyl (C=O) groups is 2. The van der Waals surface area contributed by atoms with Gasteiger partial charge in [0.15, 0.2) is 0 Å². The Bertz CT molecular complexity index is 911. The third kappa shape index (κ3) is 5.78. The van der Waals surface area contributed by atoms with Gasteiger partial charge in [-0.15, -0.1) is 0 Å². The molecule has 0 bridgehead atoms. The maximum absolute atomic E-state index is 12.7. The number of nitrogens with zero attached hydrogens (tertiary/aromatic N) is 2. The van der Waals surface area contributed by atoms with Gasteiger partial charge in [0.2, 0.25) is 5.91 Å². The van der Waals surface area contributed by atoms with Gasteiger partial charge in [-0.3, -0.25) is 19.7 Å². The van der Waals surface area contributed by atoms with E-state index in [-0.39, 0.29) is 29.6 Å². The summed E-state index contributed by atoms with van der Waals surface area (Å²) in [5.41, 5.74) is 2.13. The summed E-state index contributed by atoms with van der Waals surface area (Å²) in [5, 5.41) is 16.7. The Balaban J connectivity index is 2.13. The fraction of sp³-hybridized carbons (Fsp3) is 0.333. The van der Waals surface area contributed by atoms with Crippen LogP contribution in [0.3, 0.4) is 0 Å². The molecule has 8 heteroatoms. The number of hydrogen-bond donors (Lipinski definition) is 2. The monoisotopic (exact) mass is 398 g/mol. The van der Waals surface area contributed by atoms with Gasteiger partial charge in [0.05, 0.1) is 10.5 Å². The first-order chi connectivity index (χ1) is 13.7. The normalized spacial score (nSPS) is 11.4. The fourth-order valence-electron chi connectivity index (χ4n) is 2.70. The molecule has 0 radical (unpaired) electrons. The van der Waals surface area contributed by atoms with Gasteiger partial charge in [0.25, 0.3) is 11.6 Å². The van der Waals surface area contributed by atoms with Crippen LogP contribution >= 0.6 is 0 Å². The van der Waals surface area contributed by atoms with E-state index in [2.05, 4.69) is 10.6 Å². The highest BCUT2D eigenvalue weighted by molar-refractivity contribution is 6.00. The van der Waals surface area contributed by atoms with Gasteiger partial charge in [-0.2, -0.15) is 0 Å². The minimum absolute atomic E-state index is 0.0547. The van der Waals surface area contributed by atoms with Gasteiger partial charge < -0.3 is 15.5 Å². The summed E-state index contributed by atoms with van der Waals surface area (Å²) in [5.74, 6) is -0.552. The van der Waals surface area contributed by atoms with Crippen LogP contribution in [0.1, 0.15) is 36.2 Å². The fourth-order valence-corrected chi connectivity index (χ4v) is 2.70. The van der Waals surface area contributed by atoms with Crippen molar-refractivity contribution >= 4 is 28.9 Å². The highest BCUT2D eigenvalue weighted by atomic mass is 16.6. The molecule has 2 amide bonds. The standard InChI is InChI=1S/C21H26N4O4/c1-5-14(2)20(26)23-16-8-6-7-15(11-16)13-22-21(27)18-12-17(25(28)29)9-10-19(18)24(3)4/h6-12,14H,5,13H2,1-4H3,(H,22,27)(H,23,26). The minimum Gasteiger partial charge on any atom is -0.377 e. The zero-order valence-electron chi connectivity index (χ0n) is 17.1. The molecule has 2 aromatic rings. The number of rotatable bonds is 8. The molecule has 0 aliphatic carbocycles. The van der Waals surface area contributed by atoms with Gasteiger partial charge >= 0.3 is 0 Å². The molecule has 0 saturated heterocycles. The maximum atomic E-state index is 12.7. The Morgan fingerprint density at radius 3 is 2.52 bits per heavy atom. The second-order valence-corrected chi connectivity index (χ2v) is 7.03. The average molecular weight is 398 g/mol. The predicted octanol–water partition coefficient (Wildman–Crippen LogP) is 3.58. The van der Waals surface area contributed by atoms with Crippen molar-refractivity contribution in [1.29, 1.82) is 0 Å². The van der Waals surface area contributed by atoms with Crippen LogP contribution in [0.15, 0.2) is 42.5 Å². The van der Waals surface area contributed by atoms with Crippen LogP contribution in [0.4, 0.5) is 17.1 Å². The number of nitrogens with one attached hydrogen (secondary N) is 2. The van der Waals surface area contributed by atoms with Crippen molar-refractivity contribution in [3.05, 3.63) is 63.7 Å². The van der Waals surface area contributed by atoms with Gasteiger partial charge in [-0.05, 0) is 30.2 Å². The summed E-state index contributed by atoms with van der Waals surface area (Å²) in [7, 11) is 3.53. The van der Waals surface area contributed by atoms with E-state index < -0.39 is 10.8 Å². The Hall–Kier alpha value is -3.42. The van der Waals surface area contributed by atoms with Crippen molar-refractivity contribution in [3.8, 4) is 0 Å². The number of non-ortho nitro benzene ring substituents is 1. The molecule has 0 aliphatic rings. The predicted molar refractivity (Wildman–Crippen MR) is 113 cm³/mol. The van der Waals surface area contributed by atoms with E-state index in [1.54, 1.807) is 43.3 Å². The SMILES string of the molecule is CCC(C)C(=O)Nc1cccc(CNC(=O)c2cc([N+](=O)[O-])ccc2N(C)C)c1. The highest BCUT2D eigenvalue weighted by Crippen LogP contribution is 2.24. The zero-order valence-corrected chi connectivity index (χ0v) is 17.1. The van der Waals surface area contributed by atoms with E-state index >= 15 is 0 Å². The summed E-state index contributed by atoms with van der Waals surface area (Å²) in [6.07, 6.45) is 0.749. The Kier molecular flexibility index (Phi) is 7.30. The summed E-state index contributed by atoms with van der Waals surface area (Å²) < 4.78 is 0. The van der Waals surface area contributed by atoms with Crippen molar-refractivity contribution in [1.82, 2.24) is 5.32 Å². The molecule has 2 N–H and O–H groups in total. The first kappa shape index (κ1) is 21.9. The van der Waals surface area contributed by atoms with Crippen molar-refractivity contribution < 1.29 is 14.5 Å². The lowest BCUT2D eigenvalue weighted by molar-refractivity contribution is -0.384. The molecule has 0 heterocycles. The third-order valence-corrected chi connectivity index (χ3v) is 4.62. The molecule has 1 atom stereocenters. The zero-order chi connectivity index (χ0) is 21.6. The van der Waals surface area contributed by atoms with Crippen LogP contribution in [-0.4, -0.2) is 30.8 Å². The molecule has 29 heavy (non-hydrogen) atoms. The second-order valence-electron chi connectivity index (χ2n) is 7.03. The summed E-state index contributed by atoms with van der Waals surface area (Å²) in [6.45, 7) is 4.04. The average Bonchev–Trinajstić information content (AvgIpc) is 2.70. The molecular formula is C21H26N4O4. The number of carbonyl (C=O) groups excluding carboxylic acids is 2.